The molecule has 5 atom stereocenters. The fourth-order valence-electron chi connectivity index (χ4n) is 7.39. The molecule has 0 bridgehead atoms. The summed E-state index contributed by atoms with van der Waals surface area (Å²) in [4.78, 5) is 0.452. The van der Waals surface area contributed by atoms with E-state index in [9.17, 15) is 8.42 Å². The number of allylic oxidation sites excluding steroid dienone is 5. The lowest BCUT2D eigenvalue weighted by molar-refractivity contribution is 0.134. The Morgan fingerprint density at radius 1 is 1.06 bits per heavy atom. The van der Waals surface area contributed by atoms with Crippen molar-refractivity contribution >= 4 is 9.84 Å². The number of aryl methyl sites for hydroxylation is 1. The van der Waals surface area contributed by atoms with Crippen molar-refractivity contribution in [3.05, 3.63) is 64.8 Å². The maximum Gasteiger partial charge on any atom is 0.184 e. The van der Waals surface area contributed by atoms with E-state index >= 15 is 0 Å². The SMILES string of the molecule is Cc1ccc(S(=O)(=O)C(C)C2=CC[C@H]3[C@@H]4CCC5=CCCC[C@]5(C)C4=CC[C@]23C)cc1. The Hall–Kier alpha value is -1.61. The highest BCUT2D eigenvalue weighted by atomic mass is 32.2. The molecular weight excluding hydrogens is 400 g/mol. The predicted octanol–water partition coefficient (Wildman–Crippen LogP) is 6.97. The van der Waals surface area contributed by atoms with Crippen LogP contribution in [0.1, 0.15) is 71.3 Å². The van der Waals surface area contributed by atoms with Crippen molar-refractivity contribution in [3.8, 4) is 0 Å². The Bertz CT molecular complexity index is 1090. The Labute approximate surface area is 188 Å². The molecule has 5 rings (SSSR count). The van der Waals surface area contributed by atoms with Crippen LogP contribution in [0.15, 0.2) is 64.1 Å². The minimum Gasteiger partial charge on any atom is -0.223 e. The molecule has 1 unspecified atom stereocenters. The van der Waals surface area contributed by atoms with E-state index in [0.717, 1.165) is 24.0 Å². The number of fused-ring (bicyclic) bond motifs is 5. The zero-order chi connectivity index (χ0) is 22.0. The van der Waals surface area contributed by atoms with Gasteiger partial charge in [-0.1, -0.05) is 60.9 Å². The molecule has 0 spiro atoms. The highest BCUT2D eigenvalue weighted by molar-refractivity contribution is 7.92. The fourth-order valence-corrected chi connectivity index (χ4v) is 9.01. The zero-order valence-corrected chi connectivity index (χ0v) is 20.3. The summed E-state index contributed by atoms with van der Waals surface area (Å²) in [6.45, 7) is 8.73. The smallest absolute Gasteiger partial charge is 0.184 e. The fraction of sp³-hybridized carbons (Fsp3) is 0.571. The highest BCUT2D eigenvalue weighted by Crippen LogP contribution is 2.64. The summed E-state index contributed by atoms with van der Waals surface area (Å²) in [5.41, 5.74) is 5.80. The van der Waals surface area contributed by atoms with Crippen LogP contribution in [-0.2, 0) is 9.84 Å². The Morgan fingerprint density at radius 3 is 2.55 bits per heavy atom. The molecule has 0 N–H and O–H groups in total. The van der Waals surface area contributed by atoms with Gasteiger partial charge in [-0.25, -0.2) is 8.42 Å². The first kappa shape index (κ1) is 21.2. The summed E-state index contributed by atoms with van der Waals surface area (Å²) < 4.78 is 27.0. The Balaban J connectivity index is 1.48. The summed E-state index contributed by atoms with van der Waals surface area (Å²) >= 11 is 0. The van der Waals surface area contributed by atoms with Gasteiger partial charge in [0, 0.05) is 5.41 Å². The van der Waals surface area contributed by atoms with Gasteiger partial charge >= 0.3 is 0 Å². The molecule has 3 heteroatoms. The average molecular weight is 437 g/mol. The van der Waals surface area contributed by atoms with Crippen molar-refractivity contribution in [2.45, 2.75) is 82.8 Å². The first-order chi connectivity index (χ1) is 14.7. The molecule has 4 aliphatic rings. The first-order valence-electron chi connectivity index (χ1n) is 12.1. The summed E-state index contributed by atoms with van der Waals surface area (Å²) in [7, 11) is -3.39. The van der Waals surface area contributed by atoms with Crippen molar-refractivity contribution in [3.63, 3.8) is 0 Å². The molecule has 0 heterocycles. The van der Waals surface area contributed by atoms with E-state index in [1.54, 1.807) is 23.3 Å². The van der Waals surface area contributed by atoms with Gasteiger partial charge in [-0.2, -0.15) is 0 Å². The third kappa shape index (κ3) is 3.06. The Morgan fingerprint density at radius 2 is 1.81 bits per heavy atom. The van der Waals surface area contributed by atoms with E-state index in [1.807, 2.05) is 26.0 Å². The van der Waals surface area contributed by atoms with Crippen LogP contribution in [0, 0.1) is 29.6 Å². The van der Waals surface area contributed by atoms with Crippen molar-refractivity contribution < 1.29 is 8.42 Å². The van der Waals surface area contributed by atoms with Gasteiger partial charge in [-0.3, -0.25) is 0 Å². The van der Waals surface area contributed by atoms with E-state index < -0.39 is 15.1 Å². The molecule has 166 valence electrons. The lowest BCUT2D eigenvalue weighted by Crippen LogP contribution is -2.44. The lowest BCUT2D eigenvalue weighted by Gasteiger charge is -2.53. The normalized spacial score (nSPS) is 35.8. The van der Waals surface area contributed by atoms with E-state index in [2.05, 4.69) is 32.1 Å². The van der Waals surface area contributed by atoms with Gasteiger partial charge in [0.1, 0.15) is 0 Å². The van der Waals surface area contributed by atoms with Gasteiger partial charge in [-0.05, 0) is 93.7 Å². The standard InChI is InChI=1S/C28H36O2S/c1-19-8-11-22(12-9-19)31(29,30)20(2)24-14-15-25-23-13-10-21-7-5-6-17-27(21,3)26(23)16-18-28(24,25)4/h7-9,11-12,14,16,20,23,25H,5-6,10,13,15,17-18H2,1-4H3/t20?,23-,25-,27-,28+/m0/s1. The molecule has 0 aromatic heterocycles. The van der Waals surface area contributed by atoms with Crippen LogP contribution in [-0.4, -0.2) is 13.7 Å². The maximum absolute atomic E-state index is 13.5. The van der Waals surface area contributed by atoms with E-state index in [-0.39, 0.29) is 10.8 Å². The number of hydrogen-bond acceptors (Lipinski definition) is 2. The third-order valence-electron chi connectivity index (χ3n) is 9.30. The first-order valence-corrected chi connectivity index (χ1v) is 13.6. The average Bonchev–Trinajstić information content (AvgIpc) is 3.10. The van der Waals surface area contributed by atoms with E-state index in [0.29, 0.717) is 16.7 Å². The van der Waals surface area contributed by atoms with Gasteiger partial charge in [0.15, 0.2) is 9.84 Å². The second-order valence-electron chi connectivity index (χ2n) is 10.9. The summed E-state index contributed by atoms with van der Waals surface area (Å²) in [6, 6.07) is 7.35. The van der Waals surface area contributed by atoms with Crippen LogP contribution in [0.5, 0.6) is 0 Å². The van der Waals surface area contributed by atoms with Crippen molar-refractivity contribution in [1.82, 2.24) is 0 Å². The van der Waals surface area contributed by atoms with Gasteiger partial charge in [0.05, 0.1) is 10.1 Å². The van der Waals surface area contributed by atoms with Crippen molar-refractivity contribution in [1.29, 1.82) is 0 Å². The monoisotopic (exact) mass is 436 g/mol. The van der Waals surface area contributed by atoms with Crippen molar-refractivity contribution in [2.24, 2.45) is 22.7 Å². The molecule has 0 amide bonds. The van der Waals surface area contributed by atoms with Crippen molar-refractivity contribution in [2.75, 3.05) is 0 Å². The molecule has 1 aromatic rings. The minimum atomic E-state index is -3.39. The van der Waals surface area contributed by atoms with E-state index in [4.69, 9.17) is 0 Å². The number of hydrogen-bond donors (Lipinski definition) is 0. The maximum atomic E-state index is 13.5. The highest BCUT2D eigenvalue weighted by Gasteiger charge is 2.54. The molecule has 4 aliphatic carbocycles. The third-order valence-corrected chi connectivity index (χ3v) is 11.4. The quantitative estimate of drug-likeness (QED) is 0.480. The molecule has 1 aromatic carbocycles. The van der Waals surface area contributed by atoms with Gasteiger partial charge in [-0.15, -0.1) is 0 Å². The molecule has 0 aliphatic heterocycles. The molecule has 31 heavy (non-hydrogen) atoms. The minimum absolute atomic E-state index is 0.0441. The Kier molecular flexibility index (Phi) is 4.93. The largest absolute Gasteiger partial charge is 0.223 e. The zero-order valence-electron chi connectivity index (χ0n) is 19.4. The van der Waals surface area contributed by atoms with Crippen LogP contribution in [0.3, 0.4) is 0 Å². The molecule has 2 nitrogen and oxygen atoms in total. The topological polar surface area (TPSA) is 34.1 Å². The van der Waals surface area contributed by atoms with Crippen LogP contribution in [0.25, 0.3) is 0 Å². The summed E-state index contributed by atoms with van der Waals surface area (Å²) in [5.74, 6) is 1.14. The number of sulfone groups is 1. The molecule has 0 saturated heterocycles. The van der Waals surface area contributed by atoms with Crippen LogP contribution in [0.2, 0.25) is 0 Å². The lowest BCUT2D eigenvalue weighted by atomic mass is 9.51. The van der Waals surface area contributed by atoms with Crippen LogP contribution >= 0.6 is 0 Å². The van der Waals surface area contributed by atoms with Gasteiger partial charge < -0.3 is 0 Å². The molecule has 1 fully saturated rings. The summed E-state index contributed by atoms with van der Waals surface area (Å²) in [6.07, 6.45) is 15.6. The van der Waals surface area contributed by atoms with Crippen LogP contribution in [0.4, 0.5) is 0 Å². The number of rotatable bonds is 3. The van der Waals surface area contributed by atoms with Gasteiger partial charge in [0.2, 0.25) is 0 Å². The molecule has 0 radical (unpaired) electrons. The second-order valence-corrected chi connectivity index (χ2v) is 13.2. The summed E-state index contributed by atoms with van der Waals surface area (Å²) in [5, 5.41) is -0.468. The molecular formula is C28H36O2S. The van der Waals surface area contributed by atoms with E-state index in [1.165, 1.54) is 32.1 Å². The van der Waals surface area contributed by atoms with Crippen LogP contribution < -0.4 is 0 Å². The van der Waals surface area contributed by atoms with Gasteiger partial charge in [0.25, 0.3) is 0 Å². The molecule has 1 saturated carbocycles. The second kappa shape index (κ2) is 7.20. The number of benzene rings is 1. The predicted molar refractivity (Wildman–Crippen MR) is 128 cm³/mol.